The molecule has 1 fully saturated rings. The van der Waals surface area contributed by atoms with Crippen LogP contribution in [0.5, 0.6) is 0 Å². The number of anilines is 1. The minimum atomic E-state index is 0.448. The lowest BCUT2D eigenvalue weighted by Crippen LogP contribution is -2.39. The molecule has 0 spiro atoms. The molecule has 8 heteroatoms. The molecule has 2 aromatic rings. The van der Waals surface area contributed by atoms with Gasteiger partial charge in [0, 0.05) is 32.8 Å². The van der Waals surface area contributed by atoms with Crippen molar-refractivity contribution in [2.75, 3.05) is 38.3 Å². The Morgan fingerprint density at radius 1 is 1.45 bits per heavy atom. The molecule has 3 heterocycles. The molecular formula is C12H19N7O. The molecule has 20 heavy (non-hydrogen) atoms. The molecule has 0 aromatic carbocycles. The summed E-state index contributed by atoms with van der Waals surface area (Å²) in [5.41, 5.74) is 0.681. The molecule has 1 atom stereocenters. The Kier molecular flexibility index (Phi) is 4.03. The van der Waals surface area contributed by atoms with Gasteiger partial charge >= 0.3 is 0 Å². The Balaban J connectivity index is 1.73. The number of hydrogen-bond donors (Lipinski definition) is 1. The predicted molar refractivity (Wildman–Crippen MR) is 73.7 cm³/mol. The summed E-state index contributed by atoms with van der Waals surface area (Å²) in [6, 6.07) is 0.448. The molecular weight excluding hydrogens is 258 g/mol. The Bertz CT molecular complexity index is 557. The van der Waals surface area contributed by atoms with Crippen LogP contribution in [0.15, 0.2) is 12.4 Å². The summed E-state index contributed by atoms with van der Waals surface area (Å²) in [4.78, 5) is 6.56. The Morgan fingerprint density at radius 3 is 3.30 bits per heavy atom. The Hall–Kier alpha value is -1.80. The molecule has 1 aliphatic rings. The van der Waals surface area contributed by atoms with Crippen LogP contribution >= 0.6 is 0 Å². The number of methoxy groups -OCH3 is 1. The molecule has 0 amide bonds. The van der Waals surface area contributed by atoms with E-state index in [1.807, 2.05) is 6.20 Å². The topological polar surface area (TPSA) is 80.5 Å². The third kappa shape index (κ3) is 2.56. The molecule has 0 bridgehead atoms. The van der Waals surface area contributed by atoms with E-state index in [4.69, 9.17) is 4.74 Å². The highest BCUT2D eigenvalue weighted by Crippen LogP contribution is 2.24. The average Bonchev–Trinajstić information content (AvgIpc) is 3.11. The van der Waals surface area contributed by atoms with Gasteiger partial charge in [-0.25, -0.2) is 0 Å². The first-order valence-electron chi connectivity index (χ1n) is 6.88. The summed E-state index contributed by atoms with van der Waals surface area (Å²) in [6.07, 6.45) is 5.84. The van der Waals surface area contributed by atoms with E-state index in [0.29, 0.717) is 11.7 Å². The third-order valence-corrected chi connectivity index (χ3v) is 3.62. The van der Waals surface area contributed by atoms with Gasteiger partial charge in [0.05, 0.1) is 19.0 Å². The van der Waals surface area contributed by atoms with Crippen LogP contribution < -0.4 is 10.2 Å². The maximum Gasteiger partial charge on any atom is 0.199 e. The fourth-order valence-electron chi connectivity index (χ4n) is 2.65. The minimum Gasteiger partial charge on any atom is -0.383 e. The van der Waals surface area contributed by atoms with Gasteiger partial charge in [-0.1, -0.05) is 0 Å². The molecule has 8 nitrogen and oxygen atoms in total. The van der Waals surface area contributed by atoms with Gasteiger partial charge in [0.2, 0.25) is 0 Å². The molecule has 0 radical (unpaired) electrons. The highest BCUT2D eigenvalue weighted by Gasteiger charge is 2.26. The zero-order valence-corrected chi connectivity index (χ0v) is 11.6. The summed E-state index contributed by atoms with van der Waals surface area (Å²) in [5, 5.41) is 15.1. The fraction of sp³-hybridized carbons (Fsp3) is 0.667. The summed E-state index contributed by atoms with van der Waals surface area (Å²) in [6.45, 7) is 3.55. The predicted octanol–water partition coefficient (Wildman–Crippen LogP) is -0.276. The van der Waals surface area contributed by atoms with Crippen molar-refractivity contribution < 1.29 is 4.74 Å². The van der Waals surface area contributed by atoms with Gasteiger partial charge in [-0.2, -0.15) is 4.52 Å². The zero-order valence-electron chi connectivity index (χ0n) is 11.6. The van der Waals surface area contributed by atoms with E-state index in [2.05, 4.69) is 30.7 Å². The maximum atomic E-state index is 5.05. The van der Waals surface area contributed by atoms with E-state index >= 15 is 0 Å². The zero-order chi connectivity index (χ0) is 13.8. The van der Waals surface area contributed by atoms with Crippen LogP contribution in [0.2, 0.25) is 0 Å². The van der Waals surface area contributed by atoms with E-state index in [-0.39, 0.29) is 0 Å². The van der Waals surface area contributed by atoms with E-state index in [0.717, 1.165) is 32.1 Å². The second-order valence-corrected chi connectivity index (χ2v) is 4.90. The van der Waals surface area contributed by atoms with Gasteiger partial charge in [0.1, 0.15) is 0 Å². The molecule has 108 valence electrons. The molecule has 1 unspecified atom stereocenters. The number of tetrazole rings is 1. The van der Waals surface area contributed by atoms with Crippen LogP contribution in [0.3, 0.4) is 0 Å². The molecule has 1 saturated heterocycles. The van der Waals surface area contributed by atoms with Crippen LogP contribution in [-0.4, -0.2) is 64.4 Å². The van der Waals surface area contributed by atoms with Crippen molar-refractivity contribution in [1.29, 1.82) is 0 Å². The largest absolute Gasteiger partial charge is 0.383 e. The first-order valence-corrected chi connectivity index (χ1v) is 6.88. The van der Waals surface area contributed by atoms with Crippen molar-refractivity contribution in [3.63, 3.8) is 0 Å². The third-order valence-electron chi connectivity index (χ3n) is 3.62. The van der Waals surface area contributed by atoms with Crippen LogP contribution in [0.1, 0.15) is 12.8 Å². The van der Waals surface area contributed by atoms with Gasteiger partial charge in [-0.3, -0.25) is 4.98 Å². The van der Waals surface area contributed by atoms with Gasteiger partial charge in [-0.15, -0.1) is 5.10 Å². The van der Waals surface area contributed by atoms with Crippen molar-refractivity contribution >= 4 is 11.5 Å². The van der Waals surface area contributed by atoms with E-state index in [1.165, 1.54) is 12.8 Å². The van der Waals surface area contributed by atoms with Gasteiger partial charge in [0.25, 0.3) is 0 Å². The number of nitrogens with zero attached hydrogens (tertiary/aromatic N) is 6. The minimum absolute atomic E-state index is 0.448. The number of nitrogens with one attached hydrogen (secondary N) is 1. The number of fused-ring (bicyclic) bond motifs is 1. The quantitative estimate of drug-likeness (QED) is 0.728. The average molecular weight is 277 g/mol. The van der Waals surface area contributed by atoms with E-state index in [9.17, 15) is 0 Å². The van der Waals surface area contributed by atoms with Crippen molar-refractivity contribution in [2.24, 2.45) is 0 Å². The Labute approximate surface area is 117 Å². The number of aromatic nitrogens is 5. The molecule has 0 aliphatic carbocycles. The highest BCUT2D eigenvalue weighted by molar-refractivity contribution is 5.47. The Morgan fingerprint density at radius 2 is 2.40 bits per heavy atom. The first kappa shape index (κ1) is 13.2. The van der Waals surface area contributed by atoms with Gasteiger partial charge in [-0.05, 0) is 23.3 Å². The maximum absolute atomic E-state index is 5.05. The normalized spacial score (nSPS) is 19.1. The molecule has 2 aromatic heterocycles. The SMILES string of the molecule is COCCNCC1CCCN1c1cncc2nnnn12. The van der Waals surface area contributed by atoms with E-state index < -0.39 is 0 Å². The second kappa shape index (κ2) is 6.10. The molecule has 3 rings (SSSR count). The van der Waals surface area contributed by atoms with Crippen molar-refractivity contribution in [3.05, 3.63) is 12.4 Å². The summed E-state index contributed by atoms with van der Waals surface area (Å²) in [5.74, 6) is 0.962. The smallest absolute Gasteiger partial charge is 0.199 e. The monoisotopic (exact) mass is 277 g/mol. The van der Waals surface area contributed by atoms with Crippen molar-refractivity contribution in [1.82, 2.24) is 30.3 Å². The molecule has 1 N–H and O–H groups in total. The second-order valence-electron chi connectivity index (χ2n) is 4.90. The van der Waals surface area contributed by atoms with Crippen LogP contribution in [0.4, 0.5) is 5.82 Å². The summed E-state index contributed by atoms with van der Waals surface area (Å²) in [7, 11) is 1.72. The summed E-state index contributed by atoms with van der Waals surface area (Å²) >= 11 is 0. The van der Waals surface area contributed by atoms with Crippen LogP contribution in [0.25, 0.3) is 5.65 Å². The lowest BCUT2D eigenvalue weighted by molar-refractivity contribution is 0.199. The van der Waals surface area contributed by atoms with E-state index in [1.54, 1.807) is 17.8 Å². The number of ether oxygens (including phenoxy) is 1. The summed E-state index contributed by atoms with van der Waals surface area (Å²) < 4.78 is 6.80. The first-order chi connectivity index (χ1) is 9.90. The molecule has 1 aliphatic heterocycles. The number of hydrogen-bond acceptors (Lipinski definition) is 7. The lowest BCUT2D eigenvalue weighted by atomic mass is 10.2. The number of rotatable bonds is 6. The lowest BCUT2D eigenvalue weighted by Gasteiger charge is -2.26. The van der Waals surface area contributed by atoms with Gasteiger partial charge in [0.15, 0.2) is 11.5 Å². The van der Waals surface area contributed by atoms with Crippen LogP contribution in [0, 0.1) is 0 Å². The van der Waals surface area contributed by atoms with Crippen LogP contribution in [-0.2, 0) is 4.74 Å². The van der Waals surface area contributed by atoms with Crippen molar-refractivity contribution in [2.45, 2.75) is 18.9 Å². The fourth-order valence-corrected chi connectivity index (χ4v) is 2.65. The standard InChI is InChI=1S/C12H19N7O/c1-20-6-4-13-7-10-3-2-5-18(10)12-9-14-8-11-15-16-17-19(11)12/h8-10,13H,2-7H2,1H3. The van der Waals surface area contributed by atoms with Crippen molar-refractivity contribution in [3.8, 4) is 0 Å². The van der Waals surface area contributed by atoms with Gasteiger partial charge < -0.3 is 15.0 Å². The molecule has 0 saturated carbocycles. The highest BCUT2D eigenvalue weighted by atomic mass is 16.5.